The highest BCUT2D eigenvalue weighted by atomic mass is 32.2. The van der Waals surface area contributed by atoms with Gasteiger partial charge >= 0.3 is 5.69 Å². The van der Waals surface area contributed by atoms with Crippen LogP contribution in [0, 0.1) is 0 Å². The van der Waals surface area contributed by atoms with Crippen LogP contribution in [0.15, 0.2) is 56.8 Å². The summed E-state index contributed by atoms with van der Waals surface area (Å²) in [6, 6.07) is 10.4. The summed E-state index contributed by atoms with van der Waals surface area (Å²) in [5, 5.41) is 4.41. The lowest BCUT2D eigenvalue weighted by molar-refractivity contribution is 0.248. The highest BCUT2D eigenvalue weighted by molar-refractivity contribution is 7.89. The lowest BCUT2D eigenvalue weighted by Crippen LogP contribution is -2.47. The number of hydrogen-bond donors (Lipinski definition) is 2. The largest absolute Gasteiger partial charge is 0.461 e. The van der Waals surface area contributed by atoms with Crippen molar-refractivity contribution >= 4 is 38.5 Å². The number of sulfonamides is 1. The van der Waals surface area contributed by atoms with Crippen molar-refractivity contribution in [3.8, 4) is 11.6 Å². The van der Waals surface area contributed by atoms with Crippen molar-refractivity contribution in [3.63, 3.8) is 0 Å². The Labute approximate surface area is 223 Å². The number of aryl methyl sites for hydroxylation is 1. The summed E-state index contributed by atoms with van der Waals surface area (Å²) in [4.78, 5) is 27.0. The topological polar surface area (TPSA) is 162 Å². The number of nitrogens with two attached hydrogens (primary N) is 1. The molecule has 6 rings (SSSR count). The Morgan fingerprint density at radius 3 is 2.44 bits per heavy atom. The molecule has 1 aliphatic rings. The smallest absolute Gasteiger partial charge is 0.330 e. The third kappa shape index (κ3) is 4.33. The van der Waals surface area contributed by atoms with Gasteiger partial charge in [-0.1, -0.05) is 0 Å². The van der Waals surface area contributed by atoms with E-state index in [1.807, 2.05) is 12.1 Å². The molecule has 204 valence electrons. The van der Waals surface area contributed by atoms with Gasteiger partial charge in [-0.3, -0.25) is 14.0 Å². The van der Waals surface area contributed by atoms with E-state index in [0.717, 1.165) is 31.9 Å². The summed E-state index contributed by atoms with van der Waals surface area (Å²) < 4.78 is 36.3. The molecule has 0 saturated carbocycles. The number of benzene rings is 1. The molecule has 0 spiro atoms. The second-order valence-corrected chi connectivity index (χ2v) is 11.2. The van der Waals surface area contributed by atoms with Gasteiger partial charge in [0.1, 0.15) is 5.52 Å². The summed E-state index contributed by atoms with van der Waals surface area (Å²) >= 11 is 0. The van der Waals surface area contributed by atoms with Crippen LogP contribution in [0.3, 0.4) is 0 Å². The number of furan rings is 1. The van der Waals surface area contributed by atoms with E-state index < -0.39 is 10.0 Å². The van der Waals surface area contributed by atoms with Crippen LogP contribution in [0.1, 0.15) is 0 Å². The van der Waals surface area contributed by atoms with E-state index in [9.17, 15) is 13.2 Å². The van der Waals surface area contributed by atoms with Gasteiger partial charge in [0.05, 0.1) is 11.2 Å². The van der Waals surface area contributed by atoms with Crippen LogP contribution in [-0.4, -0.2) is 81.8 Å². The van der Waals surface area contributed by atoms with E-state index in [1.54, 1.807) is 35.9 Å². The maximum atomic E-state index is 13.2. The van der Waals surface area contributed by atoms with Crippen molar-refractivity contribution < 1.29 is 12.8 Å². The summed E-state index contributed by atoms with van der Waals surface area (Å²) in [5.74, 6) is 0.982. The van der Waals surface area contributed by atoms with Crippen molar-refractivity contribution in [1.82, 2.24) is 38.3 Å². The van der Waals surface area contributed by atoms with Crippen LogP contribution in [-0.2, 0) is 23.6 Å². The molecule has 1 aliphatic heterocycles. The Balaban J connectivity index is 1.18. The Hall–Kier alpha value is -4.21. The van der Waals surface area contributed by atoms with Gasteiger partial charge in [0.25, 0.3) is 0 Å². The van der Waals surface area contributed by atoms with E-state index in [1.165, 1.54) is 22.4 Å². The zero-order valence-corrected chi connectivity index (χ0v) is 22.3. The fourth-order valence-corrected chi connectivity index (χ4v) is 5.66. The predicted molar refractivity (Wildman–Crippen MR) is 145 cm³/mol. The minimum Gasteiger partial charge on any atom is -0.461 e. The molecule has 0 aliphatic carbocycles. The second-order valence-electron chi connectivity index (χ2n) is 9.31. The first-order valence-corrected chi connectivity index (χ1v) is 13.9. The number of hydrogen-bond acceptors (Lipinski definition) is 10. The minimum absolute atomic E-state index is 0.129. The van der Waals surface area contributed by atoms with E-state index in [0.29, 0.717) is 41.5 Å². The van der Waals surface area contributed by atoms with Gasteiger partial charge in [0.15, 0.2) is 17.1 Å². The molecule has 1 fully saturated rings. The third-order valence-electron chi connectivity index (χ3n) is 7.11. The molecule has 3 N–H and O–H groups in total. The first kappa shape index (κ1) is 25.1. The average molecular weight is 553 g/mol. The average Bonchev–Trinajstić information content (AvgIpc) is 3.68. The monoisotopic (exact) mass is 552 g/mol. The van der Waals surface area contributed by atoms with E-state index >= 15 is 0 Å². The van der Waals surface area contributed by atoms with E-state index in [4.69, 9.17) is 10.2 Å². The van der Waals surface area contributed by atoms with Gasteiger partial charge in [-0.15, -0.1) is 5.10 Å². The summed E-state index contributed by atoms with van der Waals surface area (Å²) in [5.41, 5.74) is 8.42. The van der Waals surface area contributed by atoms with Crippen LogP contribution in [0.2, 0.25) is 0 Å². The molecule has 0 atom stereocenters. The van der Waals surface area contributed by atoms with Crippen molar-refractivity contribution in [3.05, 3.63) is 53.1 Å². The van der Waals surface area contributed by atoms with Crippen LogP contribution in [0.25, 0.3) is 28.4 Å². The van der Waals surface area contributed by atoms with E-state index in [-0.39, 0.29) is 16.5 Å². The number of aromatic nitrogens is 6. The molecule has 1 saturated heterocycles. The number of anilines is 2. The number of rotatable bonds is 7. The van der Waals surface area contributed by atoms with Crippen LogP contribution in [0.5, 0.6) is 0 Å². The predicted octanol–water partition coefficient (Wildman–Crippen LogP) is 0.350. The lowest BCUT2D eigenvalue weighted by Gasteiger charge is -2.36. The summed E-state index contributed by atoms with van der Waals surface area (Å²) in [6.45, 7) is 4.25. The number of nitrogen functional groups attached to an aromatic ring is 1. The molecule has 5 heterocycles. The van der Waals surface area contributed by atoms with Crippen molar-refractivity contribution in [2.75, 3.05) is 50.4 Å². The van der Waals surface area contributed by atoms with Gasteiger partial charge in [-0.2, -0.15) is 9.50 Å². The second kappa shape index (κ2) is 9.52. The van der Waals surface area contributed by atoms with Crippen molar-refractivity contribution in [2.45, 2.75) is 11.4 Å². The van der Waals surface area contributed by atoms with Crippen LogP contribution < -0.4 is 21.0 Å². The Morgan fingerprint density at radius 1 is 1.03 bits per heavy atom. The maximum absolute atomic E-state index is 13.2. The quantitative estimate of drug-likeness (QED) is 0.288. The van der Waals surface area contributed by atoms with Crippen molar-refractivity contribution in [1.29, 1.82) is 0 Å². The molecule has 4 aromatic heterocycles. The number of fused-ring (bicyclic) bond motifs is 3. The Morgan fingerprint density at radius 2 is 1.77 bits per heavy atom. The summed E-state index contributed by atoms with van der Waals surface area (Å²) in [6.07, 6.45) is 1.54. The fraction of sp³-hybridized carbons (Fsp3) is 0.333. The molecule has 0 radical (unpaired) electrons. The highest BCUT2D eigenvalue weighted by Gasteiger charge is 2.23. The number of imidazole rings is 1. The van der Waals surface area contributed by atoms with Crippen molar-refractivity contribution in [2.24, 2.45) is 7.05 Å². The zero-order chi connectivity index (χ0) is 27.3. The molecule has 0 amide bonds. The third-order valence-corrected chi connectivity index (χ3v) is 8.54. The zero-order valence-electron chi connectivity index (χ0n) is 21.5. The van der Waals surface area contributed by atoms with Gasteiger partial charge < -0.3 is 15.1 Å². The SMILES string of the molecule is CNS(=O)(=O)c1ccc(N2CCN(CCn3c(=O)n(C)c4c3nc(N)n3nc(-c5ccco5)nc43)CC2)cc1. The molecule has 1 aromatic carbocycles. The molecule has 0 unspecified atom stereocenters. The van der Waals surface area contributed by atoms with Gasteiger partial charge in [0, 0.05) is 52.0 Å². The number of piperazine rings is 1. The molecule has 39 heavy (non-hydrogen) atoms. The van der Waals surface area contributed by atoms with Gasteiger partial charge in [-0.05, 0) is 43.4 Å². The standard InChI is InChI=1S/C24H28N10O4S/c1-26-39(36,37)17-7-5-16(6-8-17)32-12-9-31(10-13-32)11-14-33-21-19(30(2)24(33)35)22-27-20(18-4-3-15-38-18)29-34(22)23(25)28-21/h3-8,15,26H,9-14H2,1-2H3,(H2,25,28). The molecule has 15 heteroatoms. The first-order chi connectivity index (χ1) is 18.8. The molecular weight excluding hydrogens is 524 g/mol. The molecule has 14 nitrogen and oxygen atoms in total. The fourth-order valence-electron chi connectivity index (χ4n) is 4.93. The molecule has 5 aromatic rings. The summed E-state index contributed by atoms with van der Waals surface area (Å²) in [7, 11) is -0.379. The Bertz CT molecular complexity index is 1810. The van der Waals surface area contributed by atoms with Gasteiger partial charge in [0.2, 0.25) is 21.8 Å². The highest BCUT2D eigenvalue weighted by Crippen LogP contribution is 2.23. The normalized spacial score (nSPS) is 15.1. The first-order valence-electron chi connectivity index (χ1n) is 12.4. The molecular formula is C24H28N10O4S. The minimum atomic E-state index is -3.46. The van der Waals surface area contributed by atoms with Crippen LogP contribution in [0.4, 0.5) is 11.6 Å². The lowest BCUT2D eigenvalue weighted by atomic mass is 10.2. The Kier molecular flexibility index (Phi) is 6.12. The molecule has 0 bridgehead atoms. The number of nitrogens with one attached hydrogen (secondary N) is 1. The van der Waals surface area contributed by atoms with Gasteiger partial charge in [-0.25, -0.2) is 22.9 Å². The van der Waals surface area contributed by atoms with Crippen LogP contribution >= 0.6 is 0 Å². The van der Waals surface area contributed by atoms with E-state index in [2.05, 4.69) is 29.6 Å². The maximum Gasteiger partial charge on any atom is 0.330 e. The number of nitrogens with zero attached hydrogens (tertiary/aromatic N) is 8.